The van der Waals surface area contributed by atoms with E-state index in [1.807, 2.05) is 0 Å². The fourth-order valence-corrected chi connectivity index (χ4v) is 2.50. The van der Waals surface area contributed by atoms with E-state index < -0.39 is 16.6 Å². The molecule has 2 aromatic rings. The average Bonchev–Trinajstić information content (AvgIpc) is 2.99. The Morgan fingerprint density at radius 3 is 3.04 bits per heavy atom. The molecule has 0 unspecified atom stereocenters. The van der Waals surface area contributed by atoms with Crippen molar-refractivity contribution in [1.29, 1.82) is 0 Å². The first-order chi connectivity index (χ1) is 11.0. The number of fused-ring (bicyclic) bond motifs is 1. The summed E-state index contributed by atoms with van der Waals surface area (Å²) < 4.78 is 15.5. The number of amides is 1. The highest BCUT2D eigenvalue weighted by Crippen LogP contribution is 2.24. The molecule has 0 bridgehead atoms. The summed E-state index contributed by atoms with van der Waals surface area (Å²) in [5.41, 5.74) is 1.60. The summed E-state index contributed by atoms with van der Waals surface area (Å²) in [6, 6.07) is 4.49. The number of carbonyl (C=O) groups excluding carboxylic acids is 1. The lowest BCUT2D eigenvalue weighted by atomic mass is 9.99. The van der Waals surface area contributed by atoms with Crippen LogP contribution in [-0.2, 0) is 24.3 Å². The van der Waals surface area contributed by atoms with Crippen molar-refractivity contribution >= 4 is 17.4 Å². The Labute approximate surface area is 130 Å². The second-order valence-corrected chi connectivity index (χ2v) is 5.17. The van der Waals surface area contributed by atoms with E-state index in [0.717, 1.165) is 10.2 Å². The van der Waals surface area contributed by atoms with E-state index in [0.29, 0.717) is 25.1 Å². The second-order valence-electron chi connectivity index (χ2n) is 5.17. The molecule has 1 aromatic carbocycles. The van der Waals surface area contributed by atoms with E-state index >= 15 is 0 Å². The first-order valence-electron chi connectivity index (χ1n) is 7.03. The summed E-state index contributed by atoms with van der Waals surface area (Å²) in [5.74, 6) is -1.27. The number of benzene rings is 1. The first-order valence-corrected chi connectivity index (χ1v) is 7.03. The van der Waals surface area contributed by atoms with Gasteiger partial charge in [0, 0.05) is 6.54 Å². The molecular formula is C14H14FN5O3. The van der Waals surface area contributed by atoms with Gasteiger partial charge in [0.2, 0.25) is 5.91 Å². The van der Waals surface area contributed by atoms with Crippen molar-refractivity contribution in [3.63, 3.8) is 0 Å². The van der Waals surface area contributed by atoms with Gasteiger partial charge in [0.25, 0.3) is 0 Å². The number of rotatable bonds is 4. The predicted octanol–water partition coefficient (Wildman–Crippen LogP) is 1.21. The molecule has 23 heavy (non-hydrogen) atoms. The Balaban J connectivity index is 1.71. The summed E-state index contributed by atoms with van der Waals surface area (Å²) in [6.45, 7) is 1.07. The molecule has 0 atom stereocenters. The molecule has 0 saturated heterocycles. The molecule has 0 saturated carbocycles. The van der Waals surface area contributed by atoms with Crippen LogP contribution >= 0.6 is 0 Å². The molecule has 0 aliphatic carbocycles. The lowest BCUT2D eigenvalue weighted by Crippen LogP contribution is -2.26. The number of nitrogens with zero attached hydrogens (tertiary/aromatic N) is 3. The molecule has 2 heterocycles. The normalized spacial score (nSPS) is 13.4. The molecule has 0 radical (unpaired) electrons. The van der Waals surface area contributed by atoms with Crippen LogP contribution in [0, 0.1) is 15.9 Å². The van der Waals surface area contributed by atoms with E-state index in [4.69, 9.17) is 0 Å². The molecule has 0 fully saturated rings. The van der Waals surface area contributed by atoms with Crippen molar-refractivity contribution in [1.82, 2.24) is 15.1 Å². The van der Waals surface area contributed by atoms with E-state index in [1.165, 1.54) is 18.3 Å². The number of nitro groups is 1. The molecule has 1 aliphatic heterocycles. The lowest BCUT2D eigenvalue weighted by molar-refractivity contribution is -0.389. The van der Waals surface area contributed by atoms with Crippen molar-refractivity contribution in [2.24, 2.45) is 0 Å². The summed E-state index contributed by atoms with van der Waals surface area (Å²) in [7, 11) is 0. The minimum atomic E-state index is -0.647. The Morgan fingerprint density at radius 1 is 1.48 bits per heavy atom. The van der Waals surface area contributed by atoms with Crippen LogP contribution in [0.2, 0.25) is 0 Å². The van der Waals surface area contributed by atoms with Gasteiger partial charge in [-0.1, -0.05) is 6.07 Å². The van der Waals surface area contributed by atoms with Gasteiger partial charge in [-0.25, -0.2) is 4.39 Å². The molecule has 1 amide bonds. The van der Waals surface area contributed by atoms with Gasteiger partial charge in [-0.3, -0.25) is 4.79 Å². The van der Waals surface area contributed by atoms with Crippen molar-refractivity contribution in [3.8, 4) is 0 Å². The standard InChI is InChI=1S/C14H14FN5O3/c15-14-10-3-5-16-7-9(10)1-2-11(14)17-13(21)8-19-6-4-12(18-19)20(22)23/h1-2,4,6,16H,3,5,7-8H2,(H,17,21). The fourth-order valence-electron chi connectivity index (χ4n) is 2.50. The highest BCUT2D eigenvalue weighted by molar-refractivity contribution is 5.90. The minimum Gasteiger partial charge on any atom is -0.358 e. The Hall–Kier alpha value is -2.81. The molecular weight excluding hydrogens is 305 g/mol. The number of hydrogen-bond donors (Lipinski definition) is 2. The number of anilines is 1. The van der Waals surface area contributed by atoms with E-state index in [-0.39, 0.29) is 18.1 Å². The van der Waals surface area contributed by atoms with Crippen LogP contribution < -0.4 is 10.6 Å². The quantitative estimate of drug-likeness (QED) is 0.651. The fraction of sp³-hybridized carbons (Fsp3) is 0.286. The number of nitrogens with one attached hydrogen (secondary N) is 2. The van der Waals surface area contributed by atoms with E-state index in [9.17, 15) is 19.3 Å². The molecule has 1 aliphatic rings. The molecule has 9 heteroatoms. The summed E-state index contributed by atoms with van der Waals surface area (Å²) in [5, 5.41) is 19.8. The highest BCUT2D eigenvalue weighted by Gasteiger charge is 2.18. The zero-order valence-corrected chi connectivity index (χ0v) is 12.1. The average molecular weight is 319 g/mol. The molecule has 120 valence electrons. The zero-order chi connectivity index (χ0) is 16.4. The van der Waals surface area contributed by atoms with Gasteiger partial charge in [-0.2, -0.15) is 4.68 Å². The number of carbonyl (C=O) groups is 1. The molecule has 3 rings (SSSR count). The van der Waals surface area contributed by atoms with Crippen molar-refractivity contribution in [2.75, 3.05) is 11.9 Å². The Bertz CT molecular complexity index is 774. The van der Waals surface area contributed by atoms with Gasteiger partial charge < -0.3 is 20.7 Å². The van der Waals surface area contributed by atoms with Gasteiger partial charge in [0.05, 0.1) is 23.0 Å². The van der Waals surface area contributed by atoms with Gasteiger partial charge in [0.1, 0.15) is 12.4 Å². The van der Waals surface area contributed by atoms with Crippen LogP contribution in [0.4, 0.5) is 15.9 Å². The zero-order valence-electron chi connectivity index (χ0n) is 12.1. The maximum atomic E-state index is 14.4. The van der Waals surface area contributed by atoms with Crippen molar-refractivity contribution in [2.45, 2.75) is 19.5 Å². The second kappa shape index (κ2) is 6.13. The van der Waals surface area contributed by atoms with Crippen LogP contribution in [0.3, 0.4) is 0 Å². The maximum absolute atomic E-state index is 14.4. The minimum absolute atomic E-state index is 0.109. The van der Waals surface area contributed by atoms with E-state index in [2.05, 4.69) is 15.7 Å². The molecule has 8 nitrogen and oxygen atoms in total. The van der Waals surface area contributed by atoms with Crippen LogP contribution in [-0.4, -0.2) is 27.2 Å². The highest BCUT2D eigenvalue weighted by atomic mass is 19.1. The predicted molar refractivity (Wildman–Crippen MR) is 79.3 cm³/mol. The first kappa shape index (κ1) is 15.1. The van der Waals surface area contributed by atoms with Crippen LogP contribution in [0.15, 0.2) is 24.4 Å². The third kappa shape index (κ3) is 3.19. The Morgan fingerprint density at radius 2 is 2.30 bits per heavy atom. The van der Waals surface area contributed by atoms with Crippen LogP contribution in [0.5, 0.6) is 0 Å². The number of halogens is 1. The van der Waals surface area contributed by atoms with Crippen LogP contribution in [0.1, 0.15) is 11.1 Å². The third-order valence-corrected chi connectivity index (χ3v) is 3.60. The van der Waals surface area contributed by atoms with Gasteiger partial charge in [-0.15, -0.1) is 0 Å². The van der Waals surface area contributed by atoms with E-state index in [1.54, 1.807) is 6.07 Å². The van der Waals surface area contributed by atoms with Gasteiger partial charge in [0.15, 0.2) is 0 Å². The number of aromatic nitrogens is 2. The van der Waals surface area contributed by atoms with Gasteiger partial charge >= 0.3 is 5.82 Å². The topological polar surface area (TPSA) is 102 Å². The largest absolute Gasteiger partial charge is 0.389 e. The maximum Gasteiger partial charge on any atom is 0.389 e. The smallest absolute Gasteiger partial charge is 0.358 e. The lowest BCUT2D eigenvalue weighted by Gasteiger charge is -2.19. The third-order valence-electron chi connectivity index (χ3n) is 3.60. The van der Waals surface area contributed by atoms with Crippen LogP contribution in [0.25, 0.3) is 0 Å². The van der Waals surface area contributed by atoms with Crippen molar-refractivity contribution < 1.29 is 14.1 Å². The Kier molecular flexibility index (Phi) is 4.02. The SMILES string of the molecule is O=C(Cn1ccc([N+](=O)[O-])n1)Nc1ccc2c(c1F)CCNC2. The molecule has 0 spiro atoms. The summed E-state index contributed by atoms with van der Waals surface area (Å²) >= 11 is 0. The molecule has 1 aromatic heterocycles. The summed E-state index contributed by atoms with van der Waals surface area (Å²) in [6.07, 6.45) is 1.89. The van der Waals surface area contributed by atoms with Crippen molar-refractivity contribution in [3.05, 3.63) is 51.5 Å². The monoisotopic (exact) mass is 319 g/mol. The van der Waals surface area contributed by atoms with Gasteiger partial charge in [-0.05, 0) is 35.1 Å². The summed E-state index contributed by atoms with van der Waals surface area (Å²) in [4.78, 5) is 21.9. The molecule has 2 N–H and O–H groups in total. The number of hydrogen-bond acceptors (Lipinski definition) is 5.